The number of carbonyl (C=O) groups excluding carboxylic acids is 1. The third kappa shape index (κ3) is 4.09. The Balaban J connectivity index is 1.83. The zero-order valence-electron chi connectivity index (χ0n) is 13.1. The van der Waals surface area contributed by atoms with Gasteiger partial charge in [-0.1, -0.05) is 45.0 Å². The molecular weight excluding hydrogens is 246 g/mol. The summed E-state index contributed by atoms with van der Waals surface area (Å²) in [4.78, 5) is 14.3. The van der Waals surface area contributed by atoms with Gasteiger partial charge in [0, 0.05) is 19.5 Å². The van der Waals surface area contributed by atoms with E-state index in [-0.39, 0.29) is 0 Å². The number of hydrogen-bond donors (Lipinski definition) is 0. The second kappa shape index (κ2) is 6.92. The maximum absolute atomic E-state index is 12.2. The van der Waals surface area contributed by atoms with Gasteiger partial charge in [0.05, 0.1) is 0 Å². The molecule has 0 spiro atoms. The van der Waals surface area contributed by atoms with Crippen molar-refractivity contribution in [1.29, 1.82) is 0 Å². The fraction of sp³-hybridized carbons (Fsp3) is 0.611. The molecule has 110 valence electrons. The highest BCUT2D eigenvalue weighted by atomic mass is 16.2. The van der Waals surface area contributed by atoms with Crippen molar-refractivity contribution in [1.82, 2.24) is 4.90 Å². The minimum absolute atomic E-state index is 0.324. The molecule has 1 fully saturated rings. The number of carbonyl (C=O) groups is 1. The van der Waals surface area contributed by atoms with E-state index in [1.165, 1.54) is 17.5 Å². The van der Waals surface area contributed by atoms with Gasteiger partial charge >= 0.3 is 0 Å². The molecule has 1 atom stereocenters. The smallest absolute Gasteiger partial charge is 0.222 e. The van der Waals surface area contributed by atoms with E-state index in [4.69, 9.17) is 0 Å². The number of rotatable bonds is 4. The molecule has 2 heteroatoms. The molecule has 1 aliphatic rings. The molecule has 1 saturated heterocycles. The van der Waals surface area contributed by atoms with Crippen LogP contribution in [0, 0.1) is 5.92 Å². The Morgan fingerprint density at radius 3 is 2.60 bits per heavy atom. The first-order valence-corrected chi connectivity index (χ1v) is 7.93. The molecule has 0 bridgehead atoms. The van der Waals surface area contributed by atoms with Gasteiger partial charge in [0.1, 0.15) is 0 Å². The van der Waals surface area contributed by atoms with Gasteiger partial charge in [-0.2, -0.15) is 0 Å². The van der Waals surface area contributed by atoms with Crippen LogP contribution in [0.4, 0.5) is 0 Å². The minimum Gasteiger partial charge on any atom is -0.342 e. The first kappa shape index (κ1) is 15.1. The fourth-order valence-corrected chi connectivity index (χ4v) is 2.89. The van der Waals surface area contributed by atoms with E-state index < -0.39 is 0 Å². The summed E-state index contributed by atoms with van der Waals surface area (Å²) in [6.45, 7) is 8.55. The van der Waals surface area contributed by atoms with Crippen LogP contribution >= 0.6 is 0 Å². The first-order chi connectivity index (χ1) is 9.56. The molecule has 2 rings (SSSR count). The lowest BCUT2D eigenvalue weighted by atomic mass is 9.98. The highest BCUT2D eigenvalue weighted by Crippen LogP contribution is 2.18. The monoisotopic (exact) mass is 273 g/mol. The maximum atomic E-state index is 12.2. The van der Waals surface area contributed by atoms with Gasteiger partial charge in [-0.25, -0.2) is 0 Å². The summed E-state index contributed by atoms with van der Waals surface area (Å²) >= 11 is 0. The summed E-state index contributed by atoms with van der Waals surface area (Å²) in [5, 5.41) is 0. The van der Waals surface area contributed by atoms with E-state index >= 15 is 0 Å². The van der Waals surface area contributed by atoms with Gasteiger partial charge < -0.3 is 4.90 Å². The lowest BCUT2D eigenvalue weighted by molar-refractivity contribution is -0.132. The van der Waals surface area contributed by atoms with Crippen LogP contribution in [0.5, 0.6) is 0 Å². The lowest BCUT2D eigenvalue weighted by Crippen LogP contribution is -2.39. The predicted octanol–water partition coefficient (Wildman–Crippen LogP) is 4.00. The summed E-state index contributed by atoms with van der Waals surface area (Å²) < 4.78 is 0. The molecular formula is C18H27NO. The summed E-state index contributed by atoms with van der Waals surface area (Å²) in [6.07, 6.45) is 3.94. The Labute approximate surface area is 123 Å². The van der Waals surface area contributed by atoms with Crippen molar-refractivity contribution in [2.45, 2.75) is 52.4 Å². The predicted molar refractivity (Wildman–Crippen MR) is 83.8 cm³/mol. The van der Waals surface area contributed by atoms with Crippen molar-refractivity contribution in [3.63, 3.8) is 0 Å². The molecule has 1 aliphatic heterocycles. The topological polar surface area (TPSA) is 20.3 Å². The Morgan fingerprint density at radius 2 is 2.00 bits per heavy atom. The normalized spacial score (nSPS) is 19.4. The third-order valence-electron chi connectivity index (χ3n) is 4.28. The summed E-state index contributed by atoms with van der Waals surface area (Å²) in [7, 11) is 0. The summed E-state index contributed by atoms with van der Waals surface area (Å²) in [5.74, 6) is 1.56. The first-order valence-electron chi connectivity index (χ1n) is 7.93. The van der Waals surface area contributed by atoms with Gasteiger partial charge in [0.15, 0.2) is 0 Å². The average molecular weight is 273 g/mol. The van der Waals surface area contributed by atoms with Gasteiger partial charge in [0.25, 0.3) is 0 Å². The van der Waals surface area contributed by atoms with Crippen molar-refractivity contribution in [3.8, 4) is 0 Å². The van der Waals surface area contributed by atoms with Crippen LogP contribution in [0.2, 0.25) is 0 Å². The van der Waals surface area contributed by atoms with Gasteiger partial charge in [-0.05, 0) is 42.2 Å². The Bertz CT molecular complexity index is 435. The molecule has 2 nitrogen and oxygen atoms in total. The van der Waals surface area contributed by atoms with E-state index in [1.54, 1.807) is 0 Å². The summed E-state index contributed by atoms with van der Waals surface area (Å²) in [6, 6.07) is 8.71. The highest BCUT2D eigenvalue weighted by Gasteiger charge is 2.20. The third-order valence-corrected chi connectivity index (χ3v) is 4.28. The zero-order chi connectivity index (χ0) is 14.5. The number of nitrogens with zero attached hydrogens (tertiary/aromatic N) is 1. The number of amides is 1. The summed E-state index contributed by atoms with van der Waals surface area (Å²) in [5.41, 5.74) is 2.64. The van der Waals surface area contributed by atoms with Crippen LogP contribution in [-0.4, -0.2) is 23.9 Å². The largest absolute Gasteiger partial charge is 0.342 e. The van der Waals surface area contributed by atoms with Crippen LogP contribution in [0.1, 0.15) is 57.1 Å². The number of aryl methyl sites for hydroxylation is 1. The molecule has 20 heavy (non-hydrogen) atoms. The second-order valence-electron chi connectivity index (χ2n) is 6.48. The van der Waals surface area contributed by atoms with Crippen LogP contribution < -0.4 is 0 Å². The zero-order valence-corrected chi connectivity index (χ0v) is 13.1. The van der Waals surface area contributed by atoms with Crippen molar-refractivity contribution in [2.24, 2.45) is 5.92 Å². The molecule has 1 aromatic rings. The number of likely N-dealkylation sites (tertiary alicyclic amines) is 1. The van der Waals surface area contributed by atoms with E-state index in [9.17, 15) is 4.79 Å². The molecule has 1 amide bonds. The average Bonchev–Trinajstić information content (AvgIpc) is 2.45. The SMILES string of the molecule is CC1CCCN(C(=O)CCc2ccc(C(C)C)cc2)C1. The van der Waals surface area contributed by atoms with Crippen molar-refractivity contribution in [3.05, 3.63) is 35.4 Å². The second-order valence-corrected chi connectivity index (χ2v) is 6.48. The lowest BCUT2D eigenvalue weighted by Gasteiger charge is -2.31. The van der Waals surface area contributed by atoms with Gasteiger partial charge in [-0.3, -0.25) is 4.79 Å². The van der Waals surface area contributed by atoms with Gasteiger partial charge in [0.2, 0.25) is 5.91 Å². The Morgan fingerprint density at radius 1 is 1.30 bits per heavy atom. The van der Waals surface area contributed by atoms with E-state index in [2.05, 4.69) is 49.9 Å². The molecule has 1 aromatic carbocycles. The molecule has 1 unspecified atom stereocenters. The standard InChI is InChI=1S/C18H27NO/c1-14(2)17-9-6-16(7-10-17)8-11-18(20)19-12-4-5-15(3)13-19/h6-7,9-10,14-15H,4-5,8,11-13H2,1-3H3. The molecule has 1 heterocycles. The fourth-order valence-electron chi connectivity index (χ4n) is 2.89. The van der Waals surface area contributed by atoms with E-state index in [0.717, 1.165) is 25.9 Å². The van der Waals surface area contributed by atoms with Crippen molar-refractivity contribution >= 4 is 5.91 Å². The van der Waals surface area contributed by atoms with Gasteiger partial charge in [-0.15, -0.1) is 0 Å². The van der Waals surface area contributed by atoms with Crippen LogP contribution in [0.3, 0.4) is 0 Å². The molecule has 0 N–H and O–H groups in total. The number of hydrogen-bond acceptors (Lipinski definition) is 1. The molecule has 0 aliphatic carbocycles. The van der Waals surface area contributed by atoms with E-state index in [1.807, 2.05) is 0 Å². The Hall–Kier alpha value is -1.31. The molecule has 0 aromatic heterocycles. The van der Waals surface area contributed by atoms with Crippen LogP contribution in [0.25, 0.3) is 0 Å². The minimum atomic E-state index is 0.324. The number of benzene rings is 1. The van der Waals surface area contributed by atoms with Crippen LogP contribution in [-0.2, 0) is 11.2 Å². The number of piperidine rings is 1. The maximum Gasteiger partial charge on any atom is 0.222 e. The molecule has 0 radical (unpaired) electrons. The Kier molecular flexibility index (Phi) is 5.22. The molecule has 0 saturated carbocycles. The van der Waals surface area contributed by atoms with Crippen molar-refractivity contribution < 1.29 is 4.79 Å². The van der Waals surface area contributed by atoms with E-state index in [0.29, 0.717) is 24.2 Å². The van der Waals surface area contributed by atoms with Crippen LogP contribution in [0.15, 0.2) is 24.3 Å². The highest BCUT2D eigenvalue weighted by molar-refractivity contribution is 5.76. The quantitative estimate of drug-likeness (QED) is 0.812. The van der Waals surface area contributed by atoms with Crippen molar-refractivity contribution in [2.75, 3.05) is 13.1 Å².